The number of H-pyrrole nitrogens is 1. The van der Waals surface area contributed by atoms with Crippen LogP contribution >= 0.6 is 0 Å². The molecule has 7 nitrogen and oxygen atoms in total. The molecular formula is C21H20N2O5. The fourth-order valence-electron chi connectivity index (χ4n) is 2.97. The van der Waals surface area contributed by atoms with Crippen molar-refractivity contribution in [2.75, 3.05) is 21.0 Å². The van der Waals surface area contributed by atoms with Crippen molar-refractivity contribution in [1.82, 2.24) is 10.2 Å². The summed E-state index contributed by atoms with van der Waals surface area (Å²) in [4.78, 5) is 0. The monoisotopic (exact) mass is 380 g/mol. The molecule has 2 aromatic carbocycles. The minimum Gasteiger partial charge on any atom is -0.493 e. The molecule has 1 aliphatic heterocycles. The predicted octanol–water partition coefficient (Wildman–Crippen LogP) is 3.57. The number of nitrogens with one attached hydrogen (secondary N) is 1. The number of aromatic amines is 1. The van der Waals surface area contributed by atoms with E-state index in [0.717, 1.165) is 22.7 Å². The standard InChI is InChI=1S/C21H20N2O5/c1-25-18-7-4-14(10-20(18)26-2)17(24)6-5-15-11-16(23-22-15)13-3-8-19-21(9-13)28-12-27-19/h3-11,17,24H,12H2,1-2H3,(H,22,23). The zero-order valence-corrected chi connectivity index (χ0v) is 15.5. The number of nitrogens with zero attached hydrogens (tertiary/aromatic N) is 1. The van der Waals surface area contributed by atoms with E-state index in [-0.39, 0.29) is 6.79 Å². The number of aromatic nitrogens is 2. The molecule has 7 heteroatoms. The van der Waals surface area contributed by atoms with Gasteiger partial charge in [0.2, 0.25) is 6.79 Å². The maximum Gasteiger partial charge on any atom is 0.231 e. The fourth-order valence-corrected chi connectivity index (χ4v) is 2.97. The van der Waals surface area contributed by atoms with E-state index in [4.69, 9.17) is 18.9 Å². The molecule has 1 atom stereocenters. The summed E-state index contributed by atoms with van der Waals surface area (Å²) in [5, 5.41) is 17.7. The van der Waals surface area contributed by atoms with Gasteiger partial charge in [-0.1, -0.05) is 6.07 Å². The van der Waals surface area contributed by atoms with Crippen molar-refractivity contribution in [3.8, 4) is 34.3 Å². The van der Waals surface area contributed by atoms with E-state index < -0.39 is 6.10 Å². The van der Waals surface area contributed by atoms with Gasteiger partial charge < -0.3 is 24.1 Å². The van der Waals surface area contributed by atoms with Crippen LogP contribution < -0.4 is 18.9 Å². The van der Waals surface area contributed by atoms with Crippen molar-refractivity contribution < 1.29 is 24.1 Å². The molecule has 1 aromatic heterocycles. The summed E-state index contributed by atoms with van der Waals surface area (Å²) in [5.41, 5.74) is 3.16. The summed E-state index contributed by atoms with van der Waals surface area (Å²) in [5.74, 6) is 2.63. The number of rotatable bonds is 6. The maximum atomic E-state index is 10.4. The van der Waals surface area contributed by atoms with Crippen molar-refractivity contribution in [2.24, 2.45) is 0 Å². The van der Waals surface area contributed by atoms with Gasteiger partial charge >= 0.3 is 0 Å². The van der Waals surface area contributed by atoms with Crippen LogP contribution in [0.1, 0.15) is 17.4 Å². The Hall–Kier alpha value is -3.45. The van der Waals surface area contributed by atoms with E-state index in [9.17, 15) is 5.11 Å². The summed E-state index contributed by atoms with van der Waals surface area (Å²) < 4.78 is 21.2. The Morgan fingerprint density at radius 3 is 2.68 bits per heavy atom. The lowest BCUT2D eigenvalue weighted by atomic mass is 10.1. The predicted molar refractivity (Wildman–Crippen MR) is 104 cm³/mol. The molecule has 4 rings (SSSR count). The van der Waals surface area contributed by atoms with Crippen LogP contribution in [0.2, 0.25) is 0 Å². The van der Waals surface area contributed by atoms with Gasteiger partial charge in [0.05, 0.1) is 31.7 Å². The van der Waals surface area contributed by atoms with Gasteiger partial charge in [0.15, 0.2) is 23.0 Å². The highest BCUT2D eigenvalue weighted by Gasteiger charge is 2.15. The zero-order valence-electron chi connectivity index (χ0n) is 15.5. The van der Waals surface area contributed by atoms with E-state index in [1.165, 1.54) is 0 Å². The first-order valence-corrected chi connectivity index (χ1v) is 8.71. The molecular weight excluding hydrogens is 360 g/mol. The smallest absolute Gasteiger partial charge is 0.231 e. The first-order valence-electron chi connectivity index (χ1n) is 8.71. The molecule has 0 amide bonds. The van der Waals surface area contributed by atoms with Gasteiger partial charge in [-0.05, 0) is 54.1 Å². The van der Waals surface area contributed by atoms with E-state index >= 15 is 0 Å². The molecule has 0 aliphatic carbocycles. The fraction of sp³-hybridized carbons (Fsp3) is 0.190. The van der Waals surface area contributed by atoms with E-state index in [1.54, 1.807) is 44.6 Å². The lowest BCUT2D eigenvalue weighted by Gasteiger charge is -2.11. The van der Waals surface area contributed by atoms with Crippen LogP contribution in [-0.2, 0) is 0 Å². The van der Waals surface area contributed by atoms with Crippen LogP contribution in [0.5, 0.6) is 23.0 Å². The summed E-state index contributed by atoms with van der Waals surface area (Å²) >= 11 is 0. The number of methoxy groups -OCH3 is 2. The van der Waals surface area contributed by atoms with Gasteiger partial charge in [-0.15, -0.1) is 0 Å². The minimum atomic E-state index is -0.794. The van der Waals surface area contributed by atoms with Crippen LogP contribution in [0.25, 0.3) is 17.3 Å². The second-order valence-electron chi connectivity index (χ2n) is 6.19. The van der Waals surface area contributed by atoms with E-state index in [1.807, 2.05) is 24.3 Å². The van der Waals surface area contributed by atoms with Crippen molar-refractivity contribution in [3.63, 3.8) is 0 Å². The molecule has 28 heavy (non-hydrogen) atoms. The van der Waals surface area contributed by atoms with E-state index in [2.05, 4.69) is 10.2 Å². The zero-order chi connectivity index (χ0) is 19.5. The third kappa shape index (κ3) is 3.52. The highest BCUT2D eigenvalue weighted by molar-refractivity contribution is 5.66. The van der Waals surface area contributed by atoms with Crippen LogP contribution in [0.4, 0.5) is 0 Å². The SMILES string of the molecule is COc1ccc(C(O)C=Cc2cc(-c3ccc4c(c3)OCO4)n[nH]2)cc1OC. The molecule has 0 saturated heterocycles. The number of benzene rings is 2. The number of aliphatic hydroxyl groups excluding tert-OH is 1. The maximum absolute atomic E-state index is 10.4. The highest BCUT2D eigenvalue weighted by Crippen LogP contribution is 2.35. The summed E-state index contributed by atoms with van der Waals surface area (Å²) in [6.45, 7) is 0.237. The molecule has 0 bridgehead atoms. The van der Waals surface area contributed by atoms with Gasteiger partial charge in [0.25, 0.3) is 0 Å². The molecule has 1 unspecified atom stereocenters. The highest BCUT2D eigenvalue weighted by atomic mass is 16.7. The van der Waals surface area contributed by atoms with Crippen LogP contribution in [0, 0.1) is 0 Å². The van der Waals surface area contributed by atoms with Crippen molar-refractivity contribution in [2.45, 2.75) is 6.10 Å². The first-order chi connectivity index (χ1) is 13.7. The molecule has 1 aliphatic rings. The first kappa shape index (κ1) is 17.9. The van der Waals surface area contributed by atoms with Crippen LogP contribution in [0.15, 0.2) is 48.5 Å². The topological polar surface area (TPSA) is 85.8 Å². The molecule has 0 fully saturated rings. The Morgan fingerprint density at radius 2 is 1.86 bits per heavy atom. The third-order valence-electron chi connectivity index (χ3n) is 4.47. The average molecular weight is 380 g/mol. The number of ether oxygens (including phenoxy) is 4. The average Bonchev–Trinajstić information content (AvgIpc) is 3.40. The van der Waals surface area contributed by atoms with Gasteiger partial charge in [-0.2, -0.15) is 5.10 Å². The van der Waals surface area contributed by atoms with E-state index in [0.29, 0.717) is 22.8 Å². The van der Waals surface area contributed by atoms with Crippen LogP contribution in [0.3, 0.4) is 0 Å². The lowest BCUT2D eigenvalue weighted by Crippen LogP contribution is -1.96. The summed E-state index contributed by atoms with van der Waals surface area (Å²) in [6.07, 6.45) is 2.67. The normalized spacial score (nSPS) is 13.7. The second-order valence-corrected chi connectivity index (χ2v) is 6.19. The minimum absolute atomic E-state index is 0.237. The number of aliphatic hydroxyl groups is 1. The summed E-state index contributed by atoms with van der Waals surface area (Å²) in [6, 6.07) is 12.9. The molecule has 2 N–H and O–H groups in total. The van der Waals surface area contributed by atoms with Crippen molar-refractivity contribution in [1.29, 1.82) is 0 Å². The van der Waals surface area contributed by atoms with Gasteiger partial charge in [0.1, 0.15) is 0 Å². The Balaban J connectivity index is 1.50. The van der Waals surface area contributed by atoms with Gasteiger partial charge in [-0.25, -0.2) is 0 Å². The molecule has 144 valence electrons. The van der Waals surface area contributed by atoms with Gasteiger partial charge in [-0.3, -0.25) is 5.10 Å². The second kappa shape index (κ2) is 7.66. The molecule has 0 saturated carbocycles. The molecule has 0 spiro atoms. The Kier molecular flexibility index (Phi) is 4.90. The molecule has 2 heterocycles. The van der Waals surface area contributed by atoms with Crippen molar-refractivity contribution in [3.05, 3.63) is 59.8 Å². The largest absolute Gasteiger partial charge is 0.493 e. The Morgan fingerprint density at radius 1 is 1.04 bits per heavy atom. The number of hydrogen-bond acceptors (Lipinski definition) is 6. The summed E-state index contributed by atoms with van der Waals surface area (Å²) in [7, 11) is 3.13. The molecule has 0 radical (unpaired) electrons. The van der Waals surface area contributed by atoms with Crippen LogP contribution in [-0.4, -0.2) is 36.3 Å². The lowest BCUT2D eigenvalue weighted by molar-refractivity contribution is 0.174. The van der Waals surface area contributed by atoms with Crippen molar-refractivity contribution >= 4 is 6.08 Å². The van der Waals surface area contributed by atoms with Gasteiger partial charge in [0, 0.05) is 5.56 Å². The Labute approximate surface area is 162 Å². The molecule has 3 aromatic rings. The Bertz CT molecular complexity index is 1010. The quantitative estimate of drug-likeness (QED) is 0.680. The number of fused-ring (bicyclic) bond motifs is 1. The number of hydrogen-bond donors (Lipinski definition) is 2. The third-order valence-corrected chi connectivity index (χ3v) is 4.47.